The maximum atomic E-state index is 5.93. The Morgan fingerprint density at radius 1 is 1.43 bits per heavy atom. The highest BCUT2D eigenvalue weighted by atomic mass is 35.5. The fraction of sp³-hybridized carbons (Fsp3) is 0.500. The van der Waals surface area contributed by atoms with Gasteiger partial charge < -0.3 is 5.73 Å². The molecule has 0 saturated heterocycles. The molecule has 14 heavy (non-hydrogen) atoms. The molecule has 1 aromatic carbocycles. The Hall–Kier alpha value is -0.530. The molecule has 0 amide bonds. The minimum absolute atomic E-state index is 0.199. The summed E-state index contributed by atoms with van der Waals surface area (Å²) in [5.41, 5.74) is 7.24. The van der Waals surface area contributed by atoms with Gasteiger partial charge in [-0.1, -0.05) is 37.6 Å². The van der Waals surface area contributed by atoms with E-state index in [0.717, 1.165) is 24.4 Å². The van der Waals surface area contributed by atoms with Crippen LogP contribution in [0.5, 0.6) is 0 Å². The van der Waals surface area contributed by atoms with E-state index in [-0.39, 0.29) is 5.41 Å². The molecule has 0 saturated carbocycles. The quantitative estimate of drug-likeness (QED) is 0.813. The van der Waals surface area contributed by atoms with E-state index >= 15 is 0 Å². The summed E-state index contributed by atoms with van der Waals surface area (Å²) in [6, 6.07) is 8.02. The monoisotopic (exact) mass is 211 g/mol. The Bertz CT molecular complexity index is 292. The average molecular weight is 212 g/mol. The van der Waals surface area contributed by atoms with Crippen LogP contribution < -0.4 is 5.73 Å². The second kappa shape index (κ2) is 4.81. The topological polar surface area (TPSA) is 26.0 Å². The van der Waals surface area contributed by atoms with Crippen LogP contribution in [0.2, 0.25) is 5.02 Å². The van der Waals surface area contributed by atoms with Crippen LogP contribution in [0.4, 0.5) is 0 Å². The van der Waals surface area contributed by atoms with Gasteiger partial charge in [-0.25, -0.2) is 0 Å². The van der Waals surface area contributed by atoms with Crippen LogP contribution in [-0.2, 0) is 6.42 Å². The van der Waals surface area contributed by atoms with Gasteiger partial charge in [-0.3, -0.25) is 0 Å². The van der Waals surface area contributed by atoms with Crippen molar-refractivity contribution in [3.05, 3.63) is 34.9 Å². The van der Waals surface area contributed by atoms with Gasteiger partial charge in [0.1, 0.15) is 0 Å². The first-order valence-electron chi connectivity index (χ1n) is 5.04. The van der Waals surface area contributed by atoms with Crippen LogP contribution in [0.1, 0.15) is 25.8 Å². The zero-order valence-corrected chi connectivity index (χ0v) is 9.64. The van der Waals surface area contributed by atoms with E-state index < -0.39 is 0 Å². The van der Waals surface area contributed by atoms with Gasteiger partial charge in [-0.05, 0) is 42.5 Å². The third-order valence-electron chi connectivity index (χ3n) is 2.87. The number of hydrogen-bond donors (Lipinski definition) is 1. The summed E-state index contributed by atoms with van der Waals surface area (Å²) in [5.74, 6) is 0. The van der Waals surface area contributed by atoms with Gasteiger partial charge in [-0.15, -0.1) is 0 Å². The fourth-order valence-corrected chi connectivity index (χ4v) is 1.69. The molecule has 1 nitrogen and oxygen atoms in total. The molecular formula is C12H18ClN. The summed E-state index contributed by atoms with van der Waals surface area (Å²) in [6.45, 7) is 5.11. The highest BCUT2D eigenvalue weighted by Gasteiger charge is 2.20. The van der Waals surface area contributed by atoms with E-state index in [9.17, 15) is 0 Å². The Balaban J connectivity index is 2.77. The van der Waals surface area contributed by atoms with Crippen LogP contribution in [0, 0.1) is 5.41 Å². The molecule has 1 aromatic rings. The minimum Gasteiger partial charge on any atom is -0.330 e. The third kappa shape index (κ3) is 3.00. The van der Waals surface area contributed by atoms with Crippen molar-refractivity contribution >= 4 is 11.6 Å². The largest absolute Gasteiger partial charge is 0.330 e. The van der Waals surface area contributed by atoms with Crippen LogP contribution >= 0.6 is 11.6 Å². The van der Waals surface area contributed by atoms with Crippen LogP contribution in [0.25, 0.3) is 0 Å². The molecule has 0 aliphatic heterocycles. The maximum Gasteiger partial charge on any atom is 0.0408 e. The molecular weight excluding hydrogens is 194 g/mol. The van der Waals surface area contributed by atoms with Gasteiger partial charge >= 0.3 is 0 Å². The third-order valence-corrected chi connectivity index (χ3v) is 3.10. The zero-order valence-electron chi connectivity index (χ0n) is 8.89. The standard InChI is InChI=1S/C12H18ClN/c1-3-12(2,9-14)8-10-5-4-6-11(13)7-10/h4-7H,3,8-9,14H2,1-2H3. The van der Waals surface area contributed by atoms with E-state index in [1.54, 1.807) is 0 Å². The number of nitrogens with two attached hydrogens (primary N) is 1. The molecule has 1 unspecified atom stereocenters. The van der Waals surface area contributed by atoms with Crippen molar-refractivity contribution in [2.75, 3.05) is 6.54 Å². The average Bonchev–Trinajstić information content (AvgIpc) is 2.18. The Morgan fingerprint density at radius 2 is 2.14 bits per heavy atom. The molecule has 78 valence electrons. The number of rotatable bonds is 4. The summed E-state index contributed by atoms with van der Waals surface area (Å²) >= 11 is 5.93. The summed E-state index contributed by atoms with van der Waals surface area (Å²) in [4.78, 5) is 0. The minimum atomic E-state index is 0.199. The first kappa shape index (κ1) is 11.5. The smallest absolute Gasteiger partial charge is 0.0408 e. The number of halogens is 1. The Labute approximate surface area is 91.3 Å². The lowest BCUT2D eigenvalue weighted by Gasteiger charge is -2.26. The van der Waals surface area contributed by atoms with Gasteiger partial charge in [0.2, 0.25) is 0 Å². The molecule has 2 heteroatoms. The van der Waals surface area contributed by atoms with Crippen molar-refractivity contribution in [2.24, 2.45) is 11.1 Å². The van der Waals surface area contributed by atoms with Crippen LogP contribution in [-0.4, -0.2) is 6.54 Å². The van der Waals surface area contributed by atoms with Crippen molar-refractivity contribution in [1.82, 2.24) is 0 Å². The van der Waals surface area contributed by atoms with E-state index in [1.807, 2.05) is 18.2 Å². The first-order valence-corrected chi connectivity index (χ1v) is 5.42. The van der Waals surface area contributed by atoms with Gasteiger partial charge in [0.15, 0.2) is 0 Å². The van der Waals surface area contributed by atoms with Gasteiger partial charge in [0.05, 0.1) is 0 Å². The fourth-order valence-electron chi connectivity index (χ4n) is 1.48. The Morgan fingerprint density at radius 3 is 2.64 bits per heavy atom. The summed E-state index contributed by atoms with van der Waals surface area (Å²) in [5, 5.41) is 0.804. The lowest BCUT2D eigenvalue weighted by molar-refractivity contribution is 0.320. The van der Waals surface area contributed by atoms with Crippen LogP contribution in [0.15, 0.2) is 24.3 Å². The molecule has 0 spiro atoms. The molecule has 0 bridgehead atoms. The van der Waals surface area contributed by atoms with Crippen molar-refractivity contribution in [3.63, 3.8) is 0 Å². The SMILES string of the molecule is CCC(C)(CN)Cc1cccc(Cl)c1. The highest BCUT2D eigenvalue weighted by Crippen LogP contribution is 2.26. The summed E-state index contributed by atoms with van der Waals surface area (Å²) in [7, 11) is 0. The van der Waals surface area contributed by atoms with E-state index in [4.69, 9.17) is 17.3 Å². The molecule has 1 atom stereocenters. The molecule has 1 rings (SSSR count). The summed E-state index contributed by atoms with van der Waals surface area (Å²) in [6.07, 6.45) is 2.09. The first-order chi connectivity index (χ1) is 6.59. The molecule has 0 aliphatic rings. The van der Waals surface area contributed by atoms with Crippen molar-refractivity contribution in [1.29, 1.82) is 0 Å². The van der Waals surface area contributed by atoms with Crippen molar-refractivity contribution in [2.45, 2.75) is 26.7 Å². The van der Waals surface area contributed by atoms with E-state index in [2.05, 4.69) is 19.9 Å². The predicted molar refractivity (Wildman–Crippen MR) is 62.6 cm³/mol. The maximum absolute atomic E-state index is 5.93. The predicted octanol–water partition coefficient (Wildman–Crippen LogP) is 3.26. The lowest BCUT2D eigenvalue weighted by atomic mass is 9.81. The zero-order chi connectivity index (χ0) is 10.6. The second-order valence-corrected chi connectivity index (χ2v) is 4.61. The van der Waals surface area contributed by atoms with Gasteiger partial charge in [-0.2, -0.15) is 0 Å². The van der Waals surface area contributed by atoms with Gasteiger partial charge in [0.25, 0.3) is 0 Å². The highest BCUT2D eigenvalue weighted by molar-refractivity contribution is 6.30. The number of benzene rings is 1. The number of hydrogen-bond acceptors (Lipinski definition) is 1. The van der Waals surface area contributed by atoms with Crippen molar-refractivity contribution < 1.29 is 0 Å². The Kier molecular flexibility index (Phi) is 3.97. The normalized spacial score (nSPS) is 15.1. The van der Waals surface area contributed by atoms with Gasteiger partial charge in [0, 0.05) is 5.02 Å². The van der Waals surface area contributed by atoms with E-state index in [0.29, 0.717) is 0 Å². The van der Waals surface area contributed by atoms with E-state index in [1.165, 1.54) is 5.56 Å². The van der Waals surface area contributed by atoms with Crippen molar-refractivity contribution in [3.8, 4) is 0 Å². The van der Waals surface area contributed by atoms with Crippen LogP contribution in [0.3, 0.4) is 0 Å². The molecule has 0 heterocycles. The summed E-state index contributed by atoms with van der Waals surface area (Å²) < 4.78 is 0. The lowest BCUT2D eigenvalue weighted by Crippen LogP contribution is -2.28. The second-order valence-electron chi connectivity index (χ2n) is 4.18. The molecule has 0 fully saturated rings. The molecule has 0 aromatic heterocycles. The molecule has 0 aliphatic carbocycles. The molecule has 2 N–H and O–H groups in total. The molecule has 0 radical (unpaired) electrons.